The molecule has 0 unspecified atom stereocenters. The standard InChI is InChI=1S/C11H13BrClNO5S2/c1-11(2,20(3,16)17)10(15)14-9-5-4-7(6-8(9)12)21(13,18)19/h4-6H,1-3H3,(H,14,15). The maximum absolute atomic E-state index is 12.1. The summed E-state index contributed by atoms with van der Waals surface area (Å²) in [4.78, 5) is 11.9. The van der Waals surface area contributed by atoms with Crippen molar-refractivity contribution in [2.75, 3.05) is 11.6 Å². The van der Waals surface area contributed by atoms with Gasteiger partial charge in [0, 0.05) is 21.4 Å². The molecule has 1 aromatic rings. The van der Waals surface area contributed by atoms with E-state index in [1.165, 1.54) is 32.0 Å². The van der Waals surface area contributed by atoms with E-state index in [0.29, 0.717) is 0 Å². The van der Waals surface area contributed by atoms with Gasteiger partial charge in [-0.2, -0.15) is 0 Å². The Labute approximate surface area is 136 Å². The van der Waals surface area contributed by atoms with E-state index in [1.807, 2.05) is 0 Å². The SMILES string of the molecule is CC(C)(C(=O)Nc1ccc(S(=O)(=O)Cl)cc1Br)S(C)(=O)=O. The number of anilines is 1. The number of sulfone groups is 1. The van der Waals surface area contributed by atoms with Gasteiger partial charge >= 0.3 is 0 Å². The molecule has 0 spiro atoms. The van der Waals surface area contributed by atoms with Crippen molar-refractivity contribution in [2.24, 2.45) is 0 Å². The molecule has 0 bridgehead atoms. The first-order valence-corrected chi connectivity index (χ1v) is 10.5. The minimum atomic E-state index is -3.89. The molecule has 1 rings (SSSR count). The number of hydrogen-bond acceptors (Lipinski definition) is 5. The minimum Gasteiger partial charge on any atom is -0.324 e. The number of carbonyl (C=O) groups is 1. The van der Waals surface area contributed by atoms with E-state index in [2.05, 4.69) is 21.2 Å². The summed E-state index contributed by atoms with van der Waals surface area (Å²) < 4.78 is 44.2. The Kier molecular flexibility index (Phi) is 5.14. The maximum atomic E-state index is 12.1. The fourth-order valence-electron chi connectivity index (χ4n) is 1.19. The van der Waals surface area contributed by atoms with Crippen LogP contribution in [0.1, 0.15) is 13.8 Å². The molecule has 0 aliphatic heterocycles. The van der Waals surface area contributed by atoms with Crippen LogP contribution in [0, 0.1) is 0 Å². The molecule has 0 radical (unpaired) electrons. The molecule has 1 amide bonds. The number of halogens is 2. The molecule has 0 heterocycles. The van der Waals surface area contributed by atoms with Crippen LogP contribution in [-0.2, 0) is 23.7 Å². The van der Waals surface area contributed by atoms with Crippen LogP contribution in [0.25, 0.3) is 0 Å². The van der Waals surface area contributed by atoms with Gasteiger partial charge in [0.2, 0.25) is 5.91 Å². The number of carbonyl (C=O) groups excluding carboxylic acids is 1. The van der Waals surface area contributed by atoms with E-state index >= 15 is 0 Å². The van der Waals surface area contributed by atoms with Crippen LogP contribution in [0.15, 0.2) is 27.6 Å². The Morgan fingerprint density at radius 3 is 2.14 bits per heavy atom. The monoisotopic (exact) mass is 417 g/mol. The van der Waals surface area contributed by atoms with Crippen molar-refractivity contribution < 1.29 is 21.6 Å². The second-order valence-corrected chi connectivity index (χ2v) is 10.8. The van der Waals surface area contributed by atoms with E-state index in [-0.39, 0.29) is 15.1 Å². The number of benzene rings is 1. The molecule has 0 atom stereocenters. The first-order chi connectivity index (χ1) is 9.26. The summed E-state index contributed by atoms with van der Waals surface area (Å²) in [6.07, 6.45) is 0.963. The lowest BCUT2D eigenvalue weighted by Gasteiger charge is -2.21. The zero-order chi connectivity index (χ0) is 16.6. The molecule has 10 heteroatoms. The highest BCUT2D eigenvalue weighted by atomic mass is 79.9. The Bertz CT molecular complexity index is 787. The zero-order valence-electron chi connectivity index (χ0n) is 11.3. The van der Waals surface area contributed by atoms with Crippen LogP contribution >= 0.6 is 26.6 Å². The third-order valence-electron chi connectivity index (χ3n) is 2.94. The van der Waals surface area contributed by atoms with Crippen molar-refractivity contribution in [1.82, 2.24) is 0 Å². The predicted molar refractivity (Wildman–Crippen MR) is 84.7 cm³/mol. The highest BCUT2D eigenvalue weighted by Crippen LogP contribution is 2.28. The van der Waals surface area contributed by atoms with Crippen molar-refractivity contribution in [3.63, 3.8) is 0 Å². The third-order valence-corrected chi connectivity index (χ3v) is 6.99. The van der Waals surface area contributed by atoms with Crippen LogP contribution in [0.3, 0.4) is 0 Å². The van der Waals surface area contributed by atoms with Crippen molar-refractivity contribution in [3.05, 3.63) is 22.7 Å². The fourth-order valence-corrected chi connectivity index (χ4v) is 2.98. The van der Waals surface area contributed by atoms with Gasteiger partial charge in [-0.15, -0.1) is 0 Å². The molecule has 0 aliphatic rings. The Morgan fingerprint density at radius 2 is 1.76 bits per heavy atom. The summed E-state index contributed by atoms with van der Waals surface area (Å²) in [7, 11) is -2.29. The van der Waals surface area contributed by atoms with E-state index in [4.69, 9.17) is 10.7 Å². The van der Waals surface area contributed by atoms with Gasteiger partial charge in [-0.25, -0.2) is 16.8 Å². The second-order valence-electron chi connectivity index (χ2n) is 4.82. The van der Waals surface area contributed by atoms with Crippen molar-refractivity contribution in [3.8, 4) is 0 Å². The van der Waals surface area contributed by atoms with Crippen molar-refractivity contribution in [1.29, 1.82) is 0 Å². The predicted octanol–water partition coefficient (Wildman–Crippen LogP) is 2.14. The van der Waals surface area contributed by atoms with E-state index in [1.54, 1.807) is 0 Å². The van der Waals surface area contributed by atoms with Gasteiger partial charge in [0.15, 0.2) is 9.84 Å². The molecule has 1 N–H and O–H groups in total. The molecule has 6 nitrogen and oxygen atoms in total. The van der Waals surface area contributed by atoms with Gasteiger partial charge in [0.05, 0.1) is 10.6 Å². The number of hydrogen-bond donors (Lipinski definition) is 1. The lowest BCUT2D eigenvalue weighted by molar-refractivity contribution is -0.117. The molecule has 0 aliphatic carbocycles. The maximum Gasteiger partial charge on any atom is 0.261 e. The molecule has 21 heavy (non-hydrogen) atoms. The Balaban J connectivity index is 3.14. The molecule has 0 saturated carbocycles. The summed E-state index contributed by atoms with van der Waals surface area (Å²) in [6.45, 7) is 2.56. The van der Waals surface area contributed by atoms with Crippen molar-refractivity contribution in [2.45, 2.75) is 23.5 Å². The first-order valence-electron chi connectivity index (χ1n) is 5.52. The second kappa shape index (κ2) is 5.86. The van der Waals surface area contributed by atoms with Crippen LogP contribution in [0.5, 0.6) is 0 Å². The van der Waals surface area contributed by atoms with E-state index in [0.717, 1.165) is 6.26 Å². The first kappa shape index (κ1) is 18.4. The smallest absolute Gasteiger partial charge is 0.261 e. The average Bonchev–Trinajstić information content (AvgIpc) is 2.28. The number of nitrogens with one attached hydrogen (secondary N) is 1. The van der Waals surface area contributed by atoms with Crippen molar-refractivity contribution >= 4 is 57.1 Å². The van der Waals surface area contributed by atoms with E-state index < -0.39 is 29.5 Å². The van der Waals surface area contributed by atoms with Gasteiger partial charge < -0.3 is 5.32 Å². The molecular weight excluding hydrogens is 406 g/mol. The zero-order valence-corrected chi connectivity index (χ0v) is 15.3. The minimum absolute atomic E-state index is 0.142. The molecule has 1 aromatic carbocycles. The Hall–Kier alpha value is -0.640. The average molecular weight is 419 g/mol. The van der Waals surface area contributed by atoms with Gasteiger partial charge in [0.1, 0.15) is 4.75 Å². The number of amides is 1. The summed E-state index contributed by atoms with van der Waals surface area (Å²) >= 11 is 3.10. The Morgan fingerprint density at radius 1 is 1.24 bits per heavy atom. The molecule has 0 saturated heterocycles. The highest BCUT2D eigenvalue weighted by Gasteiger charge is 2.38. The lowest BCUT2D eigenvalue weighted by Crippen LogP contribution is -2.43. The van der Waals surface area contributed by atoms with Gasteiger partial charge in [-0.1, -0.05) is 0 Å². The lowest BCUT2D eigenvalue weighted by atomic mass is 10.2. The summed E-state index contributed by atoms with van der Waals surface area (Å²) in [5.74, 6) is -0.729. The van der Waals surface area contributed by atoms with Crippen LogP contribution in [-0.4, -0.2) is 33.7 Å². The number of rotatable bonds is 4. The third kappa shape index (κ3) is 4.18. The van der Waals surface area contributed by atoms with Gasteiger partial charge in [-0.05, 0) is 48.0 Å². The van der Waals surface area contributed by atoms with Crippen LogP contribution in [0.4, 0.5) is 5.69 Å². The van der Waals surface area contributed by atoms with Gasteiger partial charge in [-0.3, -0.25) is 4.79 Å². The molecule has 118 valence electrons. The largest absolute Gasteiger partial charge is 0.324 e. The molecule has 0 aromatic heterocycles. The van der Waals surface area contributed by atoms with Gasteiger partial charge in [0.25, 0.3) is 9.05 Å². The topological polar surface area (TPSA) is 97.4 Å². The normalized spacial score (nSPS) is 13.0. The van der Waals surface area contributed by atoms with Crippen LogP contribution in [0.2, 0.25) is 0 Å². The van der Waals surface area contributed by atoms with E-state index in [9.17, 15) is 21.6 Å². The summed E-state index contributed by atoms with van der Waals surface area (Å²) in [5, 5.41) is 2.43. The van der Waals surface area contributed by atoms with Crippen LogP contribution < -0.4 is 5.32 Å². The summed E-state index contributed by atoms with van der Waals surface area (Å²) in [6, 6.07) is 3.73. The molecule has 0 fully saturated rings. The fraction of sp³-hybridized carbons (Fsp3) is 0.364. The molecular formula is C11H13BrClNO5S2. The summed E-state index contributed by atoms with van der Waals surface area (Å²) in [5.41, 5.74) is 0.237. The highest BCUT2D eigenvalue weighted by molar-refractivity contribution is 9.10. The quantitative estimate of drug-likeness (QED) is 0.756.